The van der Waals surface area contributed by atoms with Crippen LogP contribution in [0.1, 0.15) is 63.5 Å². The Morgan fingerprint density at radius 2 is 1.70 bits per heavy atom. The number of carboxylic acids is 1. The molecule has 0 spiro atoms. The van der Waals surface area contributed by atoms with Gasteiger partial charge in [-0.05, 0) is 73.9 Å². The summed E-state index contributed by atoms with van der Waals surface area (Å²) < 4.78 is 33.5. The van der Waals surface area contributed by atoms with Crippen molar-refractivity contribution in [1.82, 2.24) is 25.1 Å². The van der Waals surface area contributed by atoms with Crippen LogP contribution in [-0.4, -0.2) is 61.9 Å². The van der Waals surface area contributed by atoms with Gasteiger partial charge in [0.05, 0.1) is 5.92 Å². The minimum atomic E-state index is -5.08. The summed E-state index contributed by atoms with van der Waals surface area (Å²) in [6, 6.07) is 18.8. The number of carboxylic acid groups (broad SMARTS) is 1. The molecule has 0 aliphatic carbocycles. The van der Waals surface area contributed by atoms with Gasteiger partial charge in [0.15, 0.2) is 5.82 Å². The second-order valence-corrected chi connectivity index (χ2v) is 9.95. The number of hydrogen-bond acceptors (Lipinski definition) is 6. The molecule has 0 saturated carbocycles. The van der Waals surface area contributed by atoms with Crippen LogP contribution in [0.15, 0.2) is 79.4 Å². The van der Waals surface area contributed by atoms with Crippen LogP contribution >= 0.6 is 0 Å². The Labute approximate surface area is 245 Å². The number of fused-ring (bicyclic) bond motifs is 1. The Morgan fingerprint density at radius 1 is 1.02 bits per heavy atom. The molecule has 43 heavy (non-hydrogen) atoms. The molecule has 0 radical (unpaired) electrons. The van der Waals surface area contributed by atoms with Crippen molar-refractivity contribution in [2.75, 3.05) is 18.0 Å². The highest BCUT2D eigenvalue weighted by Crippen LogP contribution is 2.40. The number of alkyl halides is 3. The molecular weight excluding hydrogens is 565 g/mol. The molecule has 1 aliphatic heterocycles. The van der Waals surface area contributed by atoms with E-state index in [0.29, 0.717) is 30.0 Å². The smallest absolute Gasteiger partial charge is 0.475 e. The van der Waals surface area contributed by atoms with Gasteiger partial charge in [0.25, 0.3) is 11.8 Å². The number of carbonyl (C=O) groups excluding carboxylic acids is 2. The number of amides is 2. The molecule has 0 fully saturated rings. The Balaban J connectivity index is 0.000000541. The summed E-state index contributed by atoms with van der Waals surface area (Å²) in [6.45, 7) is 5.02. The molecule has 1 atom stereocenters. The van der Waals surface area contributed by atoms with Gasteiger partial charge < -0.3 is 15.3 Å². The quantitative estimate of drug-likeness (QED) is 0.319. The van der Waals surface area contributed by atoms with E-state index in [4.69, 9.17) is 9.90 Å². The Bertz CT molecular complexity index is 1580. The largest absolute Gasteiger partial charge is 0.490 e. The van der Waals surface area contributed by atoms with Crippen LogP contribution in [0.4, 0.5) is 18.9 Å². The number of rotatable bonds is 7. The zero-order chi connectivity index (χ0) is 31.1. The summed E-state index contributed by atoms with van der Waals surface area (Å²) in [4.78, 5) is 45.6. The van der Waals surface area contributed by atoms with Crippen molar-refractivity contribution in [3.05, 3.63) is 107 Å². The zero-order valence-electron chi connectivity index (χ0n) is 23.3. The topological polar surface area (TPSA) is 130 Å². The fourth-order valence-corrected chi connectivity index (χ4v) is 4.42. The molecule has 5 rings (SSSR count). The van der Waals surface area contributed by atoms with Gasteiger partial charge in [-0.25, -0.2) is 9.78 Å². The first kappa shape index (κ1) is 30.9. The van der Waals surface area contributed by atoms with E-state index in [1.54, 1.807) is 29.7 Å². The molecule has 2 aromatic carbocycles. The summed E-state index contributed by atoms with van der Waals surface area (Å²) in [5.41, 5.74) is 3.93. The lowest BCUT2D eigenvalue weighted by Crippen LogP contribution is -2.30. The van der Waals surface area contributed by atoms with E-state index in [0.717, 1.165) is 23.2 Å². The van der Waals surface area contributed by atoms with Crippen molar-refractivity contribution in [2.45, 2.75) is 38.4 Å². The molecule has 2 N–H and O–H groups in total. The Kier molecular flexibility index (Phi) is 9.53. The van der Waals surface area contributed by atoms with Gasteiger partial charge in [-0.2, -0.15) is 18.3 Å². The molecule has 1 unspecified atom stereocenters. The molecule has 2 aromatic heterocycles. The lowest BCUT2D eigenvalue weighted by atomic mass is 9.98. The third-order valence-corrected chi connectivity index (χ3v) is 6.65. The van der Waals surface area contributed by atoms with Crippen molar-refractivity contribution in [3.8, 4) is 0 Å². The second-order valence-electron chi connectivity index (χ2n) is 9.95. The lowest BCUT2D eigenvalue weighted by Gasteiger charge is -2.18. The minimum absolute atomic E-state index is 0.0859. The fraction of sp³-hybridized carbons (Fsp3) is 0.267. The predicted molar refractivity (Wildman–Crippen MR) is 151 cm³/mol. The molecule has 1 aliphatic rings. The molecule has 224 valence electrons. The lowest BCUT2D eigenvalue weighted by molar-refractivity contribution is -0.192. The number of nitrogens with one attached hydrogen (secondary N) is 1. The fourth-order valence-electron chi connectivity index (χ4n) is 4.42. The number of nitrogens with zero attached hydrogens (tertiary/aromatic N) is 5. The van der Waals surface area contributed by atoms with Crippen molar-refractivity contribution < 1.29 is 32.7 Å². The van der Waals surface area contributed by atoms with E-state index in [2.05, 4.69) is 20.4 Å². The van der Waals surface area contributed by atoms with Gasteiger partial charge >= 0.3 is 12.1 Å². The van der Waals surface area contributed by atoms with Crippen molar-refractivity contribution in [3.63, 3.8) is 0 Å². The van der Waals surface area contributed by atoms with Crippen molar-refractivity contribution >= 4 is 23.5 Å². The maximum absolute atomic E-state index is 13.4. The van der Waals surface area contributed by atoms with Crippen molar-refractivity contribution in [2.24, 2.45) is 0 Å². The van der Waals surface area contributed by atoms with Crippen LogP contribution in [0.2, 0.25) is 0 Å². The molecule has 4 aromatic rings. The average molecular weight is 595 g/mol. The second kappa shape index (κ2) is 13.3. The predicted octanol–water partition coefficient (Wildman–Crippen LogP) is 4.65. The van der Waals surface area contributed by atoms with E-state index in [1.165, 1.54) is 0 Å². The Morgan fingerprint density at radius 3 is 2.30 bits per heavy atom. The van der Waals surface area contributed by atoms with Gasteiger partial charge in [0.2, 0.25) is 0 Å². The number of benzene rings is 2. The highest BCUT2D eigenvalue weighted by Gasteiger charge is 2.38. The molecular formula is C30H29F3N6O4. The van der Waals surface area contributed by atoms with Gasteiger partial charge in [0.1, 0.15) is 6.33 Å². The molecule has 3 heterocycles. The SMILES string of the molecule is CC(C)n1cnc(C2CN(C(=O)c3ccccc3)c3ccc(C(=O)NCCc4ccncc4)cc32)n1.O=C(O)C(F)(F)F. The maximum Gasteiger partial charge on any atom is 0.490 e. The summed E-state index contributed by atoms with van der Waals surface area (Å²) in [7, 11) is 0. The molecule has 0 saturated heterocycles. The van der Waals surface area contributed by atoms with E-state index >= 15 is 0 Å². The number of halogens is 3. The standard InChI is InChI=1S/C28H28N6O2.C2HF3O2/c1-19(2)34-18-31-26(32-34)24-17-33(28(36)21-6-4-3-5-7-21)25-9-8-22(16-23(24)25)27(35)30-15-12-20-10-13-29-14-11-20;3-2(4,5)1(6)7/h3-11,13-14,16,18-19,24H,12,15,17H2,1-2H3,(H,30,35);(H,6,7). The van der Waals surface area contributed by atoms with Crippen LogP contribution in [-0.2, 0) is 11.2 Å². The highest BCUT2D eigenvalue weighted by atomic mass is 19.4. The first-order valence-corrected chi connectivity index (χ1v) is 13.3. The highest BCUT2D eigenvalue weighted by molar-refractivity contribution is 6.08. The number of hydrogen-bond donors (Lipinski definition) is 2. The summed E-state index contributed by atoms with van der Waals surface area (Å²) in [6.07, 6.45) is 0.846. The van der Waals surface area contributed by atoms with E-state index in [9.17, 15) is 22.8 Å². The first-order chi connectivity index (χ1) is 20.5. The van der Waals surface area contributed by atoms with Gasteiger partial charge in [-0.15, -0.1) is 0 Å². The summed E-state index contributed by atoms with van der Waals surface area (Å²) >= 11 is 0. The molecule has 0 bridgehead atoms. The number of pyridine rings is 1. The molecule has 13 heteroatoms. The summed E-state index contributed by atoms with van der Waals surface area (Å²) in [5.74, 6) is -2.58. The van der Waals surface area contributed by atoms with Crippen LogP contribution in [0, 0.1) is 0 Å². The van der Waals surface area contributed by atoms with E-state index < -0.39 is 12.1 Å². The first-order valence-electron chi connectivity index (χ1n) is 13.3. The Hall–Kier alpha value is -5.07. The number of carbonyl (C=O) groups is 3. The zero-order valence-corrected chi connectivity index (χ0v) is 23.3. The average Bonchev–Trinajstić information content (AvgIpc) is 3.63. The van der Waals surface area contributed by atoms with Crippen LogP contribution < -0.4 is 10.2 Å². The number of aromatic nitrogens is 4. The van der Waals surface area contributed by atoms with Crippen LogP contribution in [0.5, 0.6) is 0 Å². The maximum atomic E-state index is 13.4. The van der Waals surface area contributed by atoms with E-state index in [1.807, 2.05) is 73.1 Å². The number of anilines is 1. The minimum Gasteiger partial charge on any atom is -0.475 e. The van der Waals surface area contributed by atoms with Gasteiger partial charge in [0, 0.05) is 48.3 Å². The third kappa shape index (κ3) is 7.61. The monoisotopic (exact) mass is 594 g/mol. The van der Waals surface area contributed by atoms with E-state index in [-0.39, 0.29) is 23.8 Å². The molecule has 10 nitrogen and oxygen atoms in total. The number of aliphatic carboxylic acids is 1. The molecule has 2 amide bonds. The van der Waals surface area contributed by atoms with Crippen molar-refractivity contribution in [1.29, 1.82) is 0 Å². The van der Waals surface area contributed by atoms with Crippen LogP contribution in [0.3, 0.4) is 0 Å². The third-order valence-electron chi connectivity index (χ3n) is 6.65. The summed E-state index contributed by atoms with van der Waals surface area (Å²) in [5, 5.41) is 14.8. The van der Waals surface area contributed by atoms with Gasteiger partial charge in [-0.3, -0.25) is 19.3 Å². The van der Waals surface area contributed by atoms with Crippen LogP contribution in [0.25, 0.3) is 0 Å². The normalized spacial score (nSPS) is 14.1. The van der Waals surface area contributed by atoms with Gasteiger partial charge in [-0.1, -0.05) is 18.2 Å².